The van der Waals surface area contributed by atoms with Gasteiger partial charge in [0.1, 0.15) is 0 Å². The second-order valence-electron chi connectivity index (χ2n) is 5.97. The Kier molecular flexibility index (Phi) is 5.20. The van der Waals surface area contributed by atoms with Gasteiger partial charge in [-0.05, 0) is 17.7 Å². The van der Waals surface area contributed by atoms with E-state index in [1.165, 1.54) is 0 Å². The van der Waals surface area contributed by atoms with Crippen LogP contribution in [0.25, 0.3) is 16.9 Å². The lowest BCUT2D eigenvalue weighted by Crippen LogP contribution is -2.32. The van der Waals surface area contributed by atoms with E-state index in [-0.39, 0.29) is 18.5 Å². The van der Waals surface area contributed by atoms with Crippen molar-refractivity contribution in [3.8, 4) is 16.9 Å². The fourth-order valence-electron chi connectivity index (χ4n) is 2.37. The van der Waals surface area contributed by atoms with Crippen molar-refractivity contribution in [1.82, 2.24) is 20.1 Å². The first-order valence-corrected chi connectivity index (χ1v) is 8.23. The average molecular weight is 335 g/mol. The van der Waals surface area contributed by atoms with Crippen LogP contribution in [0.4, 0.5) is 5.82 Å². The Hall–Kier alpha value is -2.99. The Balaban J connectivity index is 1.92. The van der Waals surface area contributed by atoms with Gasteiger partial charge in [-0.2, -0.15) is 0 Å². The van der Waals surface area contributed by atoms with Crippen LogP contribution in [0, 0.1) is 0 Å². The molecule has 0 atom stereocenters. The summed E-state index contributed by atoms with van der Waals surface area (Å²) in [5, 5.41) is 10.5. The van der Waals surface area contributed by atoms with Crippen LogP contribution in [0.3, 0.4) is 0 Å². The molecular weight excluding hydrogens is 314 g/mol. The van der Waals surface area contributed by atoms with Gasteiger partial charge >= 0.3 is 0 Å². The van der Waals surface area contributed by atoms with Crippen LogP contribution in [0.15, 0.2) is 60.9 Å². The highest BCUT2D eigenvalue weighted by Crippen LogP contribution is 2.27. The molecule has 1 aromatic carbocycles. The third-order valence-corrected chi connectivity index (χ3v) is 3.61. The zero-order chi connectivity index (χ0) is 17.6. The van der Waals surface area contributed by atoms with Gasteiger partial charge in [-0.3, -0.25) is 4.79 Å². The number of rotatable bonds is 6. The molecule has 2 N–H and O–H groups in total. The molecule has 2 aromatic heterocycles. The van der Waals surface area contributed by atoms with Crippen LogP contribution in [-0.4, -0.2) is 33.3 Å². The van der Waals surface area contributed by atoms with Crippen molar-refractivity contribution < 1.29 is 4.79 Å². The lowest BCUT2D eigenvalue weighted by atomic mass is 10.1. The van der Waals surface area contributed by atoms with Gasteiger partial charge < -0.3 is 10.6 Å². The lowest BCUT2D eigenvalue weighted by molar-refractivity contribution is -0.115. The maximum absolute atomic E-state index is 12.2. The normalized spacial score (nSPS) is 10.8. The molecular formula is C19H21N5O. The number of amides is 1. The summed E-state index contributed by atoms with van der Waals surface area (Å²) in [6, 6.07) is 15.7. The molecule has 0 saturated heterocycles. The van der Waals surface area contributed by atoms with Crippen LogP contribution in [0.1, 0.15) is 13.8 Å². The van der Waals surface area contributed by atoms with Gasteiger partial charge in [-0.1, -0.05) is 50.2 Å². The van der Waals surface area contributed by atoms with Gasteiger partial charge in [0.15, 0.2) is 11.6 Å². The Morgan fingerprint density at radius 1 is 1.12 bits per heavy atom. The molecule has 0 radical (unpaired) electrons. The summed E-state index contributed by atoms with van der Waals surface area (Å²) < 4.78 is 1.67. The van der Waals surface area contributed by atoms with Gasteiger partial charge in [0.05, 0.1) is 6.54 Å². The van der Waals surface area contributed by atoms with Crippen LogP contribution >= 0.6 is 0 Å². The summed E-state index contributed by atoms with van der Waals surface area (Å²) in [4.78, 5) is 16.5. The minimum Gasteiger partial charge on any atom is -0.308 e. The van der Waals surface area contributed by atoms with E-state index < -0.39 is 0 Å². The molecule has 6 nitrogen and oxygen atoms in total. The lowest BCUT2D eigenvalue weighted by Gasteiger charge is -2.08. The molecule has 25 heavy (non-hydrogen) atoms. The molecule has 0 fully saturated rings. The number of pyridine rings is 1. The molecule has 1 amide bonds. The topological polar surface area (TPSA) is 71.8 Å². The first kappa shape index (κ1) is 16.9. The molecule has 0 bridgehead atoms. The number of nitrogens with one attached hydrogen (secondary N) is 2. The summed E-state index contributed by atoms with van der Waals surface area (Å²) in [6.07, 6.45) is 3.59. The number of aromatic nitrogens is 3. The Morgan fingerprint density at radius 3 is 2.56 bits per heavy atom. The van der Waals surface area contributed by atoms with Crippen molar-refractivity contribution in [2.75, 3.05) is 11.9 Å². The Morgan fingerprint density at radius 2 is 1.88 bits per heavy atom. The number of benzene rings is 1. The molecule has 0 saturated carbocycles. The third-order valence-electron chi connectivity index (χ3n) is 3.61. The van der Waals surface area contributed by atoms with E-state index in [1.54, 1.807) is 10.9 Å². The van der Waals surface area contributed by atoms with Crippen molar-refractivity contribution in [2.24, 2.45) is 0 Å². The molecule has 3 rings (SSSR count). The number of hydrogen-bond donors (Lipinski definition) is 2. The van der Waals surface area contributed by atoms with E-state index in [4.69, 9.17) is 0 Å². The molecule has 0 aliphatic heterocycles. The zero-order valence-corrected chi connectivity index (χ0v) is 14.3. The summed E-state index contributed by atoms with van der Waals surface area (Å²) >= 11 is 0. The fourth-order valence-corrected chi connectivity index (χ4v) is 2.37. The Labute approximate surface area is 146 Å². The molecule has 0 aliphatic carbocycles. The van der Waals surface area contributed by atoms with Crippen molar-refractivity contribution in [3.05, 3.63) is 60.9 Å². The van der Waals surface area contributed by atoms with E-state index >= 15 is 0 Å². The quantitative estimate of drug-likeness (QED) is 0.726. The van der Waals surface area contributed by atoms with Crippen LogP contribution < -0.4 is 10.6 Å². The monoisotopic (exact) mass is 335 g/mol. The molecule has 0 aliphatic rings. The van der Waals surface area contributed by atoms with E-state index in [0.717, 1.165) is 11.1 Å². The first-order valence-electron chi connectivity index (χ1n) is 8.23. The van der Waals surface area contributed by atoms with E-state index in [0.29, 0.717) is 11.6 Å². The van der Waals surface area contributed by atoms with Crippen LogP contribution in [-0.2, 0) is 4.79 Å². The predicted molar refractivity (Wildman–Crippen MR) is 98.6 cm³/mol. The number of anilines is 1. The predicted octanol–water partition coefficient (Wildman–Crippen LogP) is 2.87. The van der Waals surface area contributed by atoms with Crippen molar-refractivity contribution >= 4 is 11.7 Å². The third kappa shape index (κ3) is 4.30. The van der Waals surface area contributed by atoms with Gasteiger partial charge in [0, 0.05) is 24.0 Å². The molecule has 3 aromatic rings. The maximum Gasteiger partial charge on any atom is 0.239 e. The van der Waals surface area contributed by atoms with Crippen molar-refractivity contribution in [1.29, 1.82) is 0 Å². The fraction of sp³-hybridized carbons (Fsp3) is 0.211. The highest BCUT2D eigenvalue weighted by molar-refractivity contribution is 5.95. The number of hydrogen-bond acceptors (Lipinski definition) is 4. The Bertz CT molecular complexity index is 828. The molecule has 6 heteroatoms. The van der Waals surface area contributed by atoms with Gasteiger partial charge in [-0.25, -0.2) is 9.67 Å². The van der Waals surface area contributed by atoms with E-state index in [9.17, 15) is 4.79 Å². The largest absolute Gasteiger partial charge is 0.308 e. The minimum atomic E-state index is -0.128. The van der Waals surface area contributed by atoms with Gasteiger partial charge in [0.2, 0.25) is 5.91 Å². The molecule has 128 valence electrons. The van der Waals surface area contributed by atoms with Crippen LogP contribution in [0.5, 0.6) is 0 Å². The molecule has 0 unspecified atom stereocenters. The van der Waals surface area contributed by atoms with E-state index in [2.05, 4.69) is 20.7 Å². The standard InChI is InChI=1S/C19H21N5O/c1-14(2)21-12-18(25)22-19-16(15-8-4-3-5-9-15)13-24(23-19)17-10-6-7-11-20-17/h3-11,13-14,21H,12H2,1-2H3,(H,22,23,25). The number of nitrogens with zero attached hydrogens (tertiary/aromatic N) is 3. The maximum atomic E-state index is 12.2. The highest BCUT2D eigenvalue weighted by atomic mass is 16.2. The molecule has 0 spiro atoms. The summed E-state index contributed by atoms with van der Waals surface area (Å²) in [7, 11) is 0. The average Bonchev–Trinajstić information content (AvgIpc) is 3.05. The number of carbonyl (C=O) groups is 1. The zero-order valence-electron chi connectivity index (χ0n) is 14.3. The highest BCUT2D eigenvalue weighted by Gasteiger charge is 2.15. The summed E-state index contributed by atoms with van der Waals surface area (Å²) in [5.74, 6) is 1.09. The van der Waals surface area contributed by atoms with E-state index in [1.807, 2.05) is 68.6 Å². The number of carbonyl (C=O) groups excluding carboxylic acids is 1. The second kappa shape index (κ2) is 7.72. The molecule has 2 heterocycles. The van der Waals surface area contributed by atoms with Crippen LogP contribution in [0.2, 0.25) is 0 Å². The summed E-state index contributed by atoms with van der Waals surface area (Å²) in [5.41, 5.74) is 1.83. The first-order chi connectivity index (χ1) is 12.1. The van der Waals surface area contributed by atoms with Crippen molar-refractivity contribution in [3.63, 3.8) is 0 Å². The minimum absolute atomic E-state index is 0.128. The van der Waals surface area contributed by atoms with Gasteiger partial charge in [0.25, 0.3) is 0 Å². The SMILES string of the molecule is CC(C)NCC(=O)Nc1nn(-c2ccccn2)cc1-c1ccccc1. The second-order valence-corrected chi connectivity index (χ2v) is 5.97. The summed E-state index contributed by atoms with van der Waals surface area (Å²) in [6.45, 7) is 4.24. The van der Waals surface area contributed by atoms with Crippen molar-refractivity contribution in [2.45, 2.75) is 19.9 Å². The smallest absolute Gasteiger partial charge is 0.239 e. The van der Waals surface area contributed by atoms with Gasteiger partial charge in [-0.15, -0.1) is 5.10 Å².